The fourth-order valence-corrected chi connectivity index (χ4v) is 5.05. The number of anilines is 3. The van der Waals surface area contributed by atoms with Gasteiger partial charge in [-0.05, 0) is 42.6 Å². The highest BCUT2D eigenvalue weighted by atomic mass is 16.1. The molecule has 2 aliphatic rings. The Bertz CT molecular complexity index is 1440. The van der Waals surface area contributed by atoms with Gasteiger partial charge in [-0.1, -0.05) is 43.3 Å². The molecule has 0 atom stereocenters. The number of carbonyl (C=O) groups excluding carboxylic acids is 1. The minimum absolute atomic E-state index is 0.0852. The lowest BCUT2D eigenvalue weighted by Gasteiger charge is -2.34. The molecule has 1 aliphatic carbocycles. The van der Waals surface area contributed by atoms with Gasteiger partial charge in [0.2, 0.25) is 5.95 Å². The van der Waals surface area contributed by atoms with Gasteiger partial charge >= 0.3 is 0 Å². The molecule has 2 aromatic heterocycles. The summed E-state index contributed by atoms with van der Waals surface area (Å²) in [6.45, 7) is 8.80. The van der Waals surface area contributed by atoms with Gasteiger partial charge in [0.05, 0.1) is 0 Å². The van der Waals surface area contributed by atoms with Crippen molar-refractivity contribution >= 4 is 23.2 Å². The maximum absolute atomic E-state index is 13.2. The third-order valence-electron chi connectivity index (χ3n) is 7.62. The van der Waals surface area contributed by atoms with E-state index in [0.717, 1.165) is 62.2 Å². The normalized spacial score (nSPS) is 16.1. The Morgan fingerprint density at radius 3 is 2.48 bits per heavy atom. The molecule has 3 heterocycles. The second kappa shape index (κ2) is 12.0. The van der Waals surface area contributed by atoms with Crippen LogP contribution in [0.1, 0.15) is 41.3 Å². The summed E-state index contributed by atoms with van der Waals surface area (Å²) < 4.78 is 1.87. The van der Waals surface area contributed by atoms with E-state index in [1.807, 2.05) is 41.1 Å². The molecule has 1 aliphatic heterocycles. The van der Waals surface area contributed by atoms with Crippen molar-refractivity contribution in [3.05, 3.63) is 90.0 Å². The Labute approximate surface area is 235 Å². The zero-order valence-electron chi connectivity index (χ0n) is 23.0. The van der Waals surface area contributed by atoms with Crippen LogP contribution in [0.2, 0.25) is 0 Å². The predicted octanol–water partition coefficient (Wildman–Crippen LogP) is 4.54. The molecule has 0 spiro atoms. The van der Waals surface area contributed by atoms with Crippen molar-refractivity contribution in [1.82, 2.24) is 29.3 Å². The van der Waals surface area contributed by atoms with Gasteiger partial charge in [-0.2, -0.15) is 0 Å². The van der Waals surface area contributed by atoms with Gasteiger partial charge in [0.25, 0.3) is 0 Å². The molecule has 0 bridgehead atoms. The van der Waals surface area contributed by atoms with Crippen LogP contribution in [0.15, 0.2) is 73.3 Å². The highest BCUT2D eigenvalue weighted by Gasteiger charge is 2.21. The number of aromatic nitrogens is 4. The molecule has 0 unspecified atom stereocenters. The number of likely N-dealkylation sites (N-methyl/N-ethyl adjacent to an activating group) is 1. The van der Waals surface area contributed by atoms with Crippen molar-refractivity contribution in [1.29, 1.82) is 0 Å². The topological polar surface area (TPSA) is 91.2 Å². The highest BCUT2D eigenvalue weighted by molar-refractivity contribution is 5.98. The molecule has 0 amide bonds. The SMILES string of the molecule is CCN1CCN(Cc2ccc(CC(=O)c3cccc(Nc4nccn4-c4cc(NC5CC5)ncn4)c3)cc2)CC1. The van der Waals surface area contributed by atoms with Crippen LogP contribution in [-0.4, -0.2) is 73.9 Å². The van der Waals surface area contributed by atoms with E-state index >= 15 is 0 Å². The van der Waals surface area contributed by atoms with Crippen molar-refractivity contribution in [3.8, 4) is 5.82 Å². The number of benzene rings is 2. The monoisotopic (exact) mass is 536 g/mol. The van der Waals surface area contributed by atoms with Crippen molar-refractivity contribution < 1.29 is 4.79 Å². The molecule has 1 saturated carbocycles. The van der Waals surface area contributed by atoms with Crippen LogP contribution in [0.3, 0.4) is 0 Å². The number of nitrogens with one attached hydrogen (secondary N) is 2. The van der Waals surface area contributed by atoms with Crippen molar-refractivity contribution in [2.45, 2.75) is 38.8 Å². The maximum atomic E-state index is 13.2. The molecule has 2 N–H and O–H groups in total. The first-order valence-electron chi connectivity index (χ1n) is 14.2. The van der Waals surface area contributed by atoms with Gasteiger partial charge in [-0.25, -0.2) is 15.0 Å². The first-order chi connectivity index (χ1) is 19.6. The smallest absolute Gasteiger partial charge is 0.213 e. The molecule has 2 fully saturated rings. The van der Waals surface area contributed by atoms with Gasteiger partial charge < -0.3 is 15.5 Å². The molecule has 9 nitrogen and oxygen atoms in total. The molecule has 2 aromatic carbocycles. The van der Waals surface area contributed by atoms with E-state index in [1.165, 1.54) is 18.4 Å². The van der Waals surface area contributed by atoms with Crippen LogP contribution in [-0.2, 0) is 13.0 Å². The highest BCUT2D eigenvalue weighted by Crippen LogP contribution is 2.25. The summed E-state index contributed by atoms with van der Waals surface area (Å²) in [5.74, 6) is 2.23. The molecule has 4 aromatic rings. The molecule has 9 heteroatoms. The Kier molecular flexibility index (Phi) is 7.83. The average Bonchev–Trinajstić information content (AvgIpc) is 3.68. The van der Waals surface area contributed by atoms with E-state index in [-0.39, 0.29) is 5.78 Å². The van der Waals surface area contributed by atoms with E-state index in [1.54, 1.807) is 12.5 Å². The number of carbonyl (C=O) groups is 1. The third-order valence-corrected chi connectivity index (χ3v) is 7.62. The Balaban J connectivity index is 1.07. The second-order valence-corrected chi connectivity index (χ2v) is 10.6. The minimum Gasteiger partial charge on any atom is -0.367 e. The van der Waals surface area contributed by atoms with Crippen LogP contribution in [0.4, 0.5) is 17.5 Å². The number of ketones is 1. The summed E-state index contributed by atoms with van der Waals surface area (Å²) in [6.07, 6.45) is 7.86. The van der Waals surface area contributed by atoms with Crippen LogP contribution < -0.4 is 10.6 Å². The predicted molar refractivity (Wildman–Crippen MR) is 157 cm³/mol. The van der Waals surface area contributed by atoms with Crippen molar-refractivity contribution in [3.63, 3.8) is 0 Å². The van der Waals surface area contributed by atoms with Gasteiger partial charge in [-0.3, -0.25) is 14.3 Å². The number of hydrogen-bond acceptors (Lipinski definition) is 8. The second-order valence-electron chi connectivity index (χ2n) is 10.6. The average molecular weight is 537 g/mol. The summed E-state index contributed by atoms with van der Waals surface area (Å²) >= 11 is 0. The summed E-state index contributed by atoms with van der Waals surface area (Å²) in [4.78, 5) is 31.4. The molecule has 0 radical (unpaired) electrons. The molecule has 6 rings (SSSR count). The standard InChI is InChI=1S/C31H36N8O/c1-2-37-14-16-38(17-15-37)21-24-8-6-23(7-9-24)18-28(40)25-4-3-5-27(19-25)36-31-32-12-13-39(31)30-20-29(33-22-34-30)35-26-10-11-26/h3-9,12-13,19-20,22,26H,2,10-11,14-18,21H2,1H3,(H,32,36)(H,33,34,35). The van der Waals surface area contributed by atoms with E-state index < -0.39 is 0 Å². The van der Waals surface area contributed by atoms with Crippen LogP contribution >= 0.6 is 0 Å². The fraction of sp³-hybridized carbons (Fsp3) is 0.355. The van der Waals surface area contributed by atoms with E-state index in [4.69, 9.17) is 0 Å². The van der Waals surface area contributed by atoms with Gasteiger partial charge in [0, 0.05) is 74.9 Å². The zero-order chi connectivity index (χ0) is 27.3. The van der Waals surface area contributed by atoms with Crippen molar-refractivity contribution in [2.24, 2.45) is 0 Å². The van der Waals surface area contributed by atoms with Gasteiger partial charge in [-0.15, -0.1) is 0 Å². The van der Waals surface area contributed by atoms with E-state index in [9.17, 15) is 4.79 Å². The van der Waals surface area contributed by atoms with Crippen LogP contribution in [0.25, 0.3) is 5.82 Å². The lowest BCUT2D eigenvalue weighted by molar-refractivity contribution is 0.0993. The number of imidazole rings is 1. The van der Waals surface area contributed by atoms with Crippen LogP contribution in [0, 0.1) is 0 Å². The number of rotatable bonds is 11. The Morgan fingerprint density at radius 1 is 0.925 bits per heavy atom. The fourth-order valence-electron chi connectivity index (χ4n) is 5.05. The van der Waals surface area contributed by atoms with E-state index in [0.29, 0.717) is 24.0 Å². The maximum Gasteiger partial charge on any atom is 0.213 e. The summed E-state index contributed by atoms with van der Waals surface area (Å²) in [6, 6.07) is 18.5. The van der Waals surface area contributed by atoms with E-state index in [2.05, 4.69) is 66.6 Å². The summed E-state index contributed by atoms with van der Waals surface area (Å²) in [7, 11) is 0. The first-order valence-corrected chi connectivity index (χ1v) is 14.2. The van der Waals surface area contributed by atoms with Crippen molar-refractivity contribution in [2.75, 3.05) is 43.4 Å². The molecule has 40 heavy (non-hydrogen) atoms. The Hall–Kier alpha value is -4.08. The number of Topliss-reactive ketones (excluding diaryl/α,β-unsaturated/α-hetero) is 1. The van der Waals surface area contributed by atoms with Crippen LogP contribution in [0.5, 0.6) is 0 Å². The van der Waals surface area contributed by atoms with Gasteiger partial charge in [0.15, 0.2) is 5.78 Å². The quantitative estimate of drug-likeness (QED) is 0.270. The molecule has 1 saturated heterocycles. The zero-order valence-corrected chi connectivity index (χ0v) is 23.0. The minimum atomic E-state index is 0.0852. The first kappa shape index (κ1) is 26.2. The summed E-state index contributed by atoms with van der Waals surface area (Å²) in [5.41, 5.74) is 3.78. The lowest BCUT2D eigenvalue weighted by Crippen LogP contribution is -2.45. The molecular weight excluding hydrogens is 500 g/mol. The number of nitrogens with zero attached hydrogens (tertiary/aromatic N) is 6. The third kappa shape index (κ3) is 6.55. The molecular formula is C31H36N8O. The number of piperazine rings is 1. The summed E-state index contributed by atoms with van der Waals surface area (Å²) in [5, 5.41) is 6.75. The lowest BCUT2D eigenvalue weighted by atomic mass is 10.0. The van der Waals surface area contributed by atoms with Gasteiger partial charge in [0.1, 0.15) is 18.0 Å². The Morgan fingerprint density at radius 2 is 1.70 bits per heavy atom. The number of hydrogen-bond donors (Lipinski definition) is 2. The molecule has 206 valence electrons. The largest absolute Gasteiger partial charge is 0.367 e.